The molecule has 2 aliphatic rings. The fraction of sp³-hybridized carbons (Fsp3) is 0.632. The molecule has 1 N–H and O–H groups in total. The van der Waals surface area contributed by atoms with Crippen LogP contribution in [0.2, 0.25) is 0 Å². The number of nitrogens with one attached hydrogen (secondary N) is 1. The average Bonchev–Trinajstić information content (AvgIpc) is 3.16. The summed E-state index contributed by atoms with van der Waals surface area (Å²) in [7, 11) is 0. The van der Waals surface area contributed by atoms with Crippen molar-refractivity contribution in [2.24, 2.45) is 17.8 Å². The summed E-state index contributed by atoms with van der Waals surface area (Å²) in [6, 6.07) is 7.08. The van der Waals surface area contributed by atoms with Crippen LogP contribution in [0.25, 0.3) is 0 Å². The highest BCUT2D eigenvalue weighted by molar-refractivity contribution is 5.76. The number of carbonyl (C=O) groups is 1. The Balaban J connectivity index is 1.37. The summed E-state index contributed by atoms with van der Waals surface area (Å²) < 4.78 is 40.7. The average molecular weight is 355 g/mol. The molecule has 2 saturated carbocycles. The molecule has 6 heteroatoms. The Morgan fingerprint density at radius 2 is 1.84 bits per heavy atom. The fourth-order valence-corrected chi connectivity index (χ4v) is 4.18. The van der Waals surface area contributed by atoms with Crippen LogP contribution in [-0.2, 0) is 22.7 Å². The molecule has 2 aliphatic carbocycles. The first-order chi connectivity index (χ1) is 11.9. The standard InChI is InChI=1S/C19H24F3NO2/c20-19(21,22)12-25-11-14-3-1-13(2-4-14)10-23-18(24)9-17-8-15-5-6-16(17)7-15/h1-4,15-17H,5-12H2,(H,23,24). The zero-order valence-electron chi connectivity index (χ0n) is 14.1. The van der Waals surface area contributed by atoms with E-state index in [9.17, 15) is 18.0 Å². The first-order valence-electron chi connectivity index (χ1n) is 8.88. The van der Waals surface area contributed by atoms with E-state index in [1.807, 2.05) is 12.1 Å². The lowest BCUT2D eigenvalue weighted by atomic mass is 9.86. The molecule has 1 aromatic carbocycles. The van der Waals surface area contributed by atoms with E-state index in [2.05, 4.69) is 10.1 Å². The largest absolute Gasteiger partial charge is 0.411 e. The highest BCUT2D eigenvalue weighted by Gasteiger charge is 2.40. The minimum atomic E-state index is -4.30. The number of hydrogen-bond acceptors (Lipinski definition) is 2. The summed E-state index contributed by atoms with van der Waals surface area (Å²) in [5.41, 5.74) is 1.61. The van der Waals surface area contributed by atoms with Gasteiger partial charge in [-0.15, -0.1) is 0 Å². The molecule has 2 fully saturated rings. The van der Waals surface area contributed by atoms with Crippen molar-refractivity contribution in [2.45, 2.75) is 51.4 Å². The zero-order valence-corrected chi connectivity index (χ0v) is 14.1. The number of hydrogen-bond donors (Lipinski definition) is 1. The maximum absolute atomic E-state index is 12.1. The molecule has 25 heavy (non-hydrogen) atoms. The number of carbonyl (C=O) groups excluding carboxylic acids is 1. The smallest absolute Gasteiger partial charge is 0.367 e. The second-order valence-corrected chi connectivity index (χ2v) is 7.34. The van der Waals surface area contributed by atoms with Gasteiger partial charge < -0.3 is 10.1 Å². The second-order valence-electron chi connectivity index (χ2n) is 7.34. The van der Waals surface area contributed by atoms with Crippen LogP contribution >= 0.6 is 0 Å². The van der Waals surface area contributed by atoms with Gasteiger partial charge >= 0.3 is 6.18 Å². The quantitative estimate of drug-likeness (QED) is 0.796. The monoisotopic (exact) mass is 355 g/mol. The Hall–Kier alpha value is -1.56. The molecule has 1 aromatic rings. The van der Waals surface area contributed by atoms with Crippen LogP contribution in [-0.4, -0.2) is 18.7 Å². The van der Waals surface area contributed by atoms with Crippen LogP contribution in [0.15, 0.2) is 24.3 Å². The van der Waals surface area contributed by atoms with Crippen LogP contribution in [0.3, 0.4) is 0 Å². The lowest BCUT2D eigenvalue weighted by Crippen LogP contribution is -2.26. The van der Waals surface area contributed by atoms with Gasteiger partial charge in [0.05, 0.1) is 6.61 Å². The van der Waals surface area contributed by atoms with E-state index in [1.54, 1.807) is 12.1 Å². The highest BCUT2D eigenvalue weighted by atomic mass is 19.4. The number of ether oxygens (including phenoxy) is 1. The van der Waals surface area contributed by atoms with Gasteiger partial charge in [0.25, 0.3) is 0 Å². The molecule has 0 spiro atoms. The first-order valence-corrected chi connectivity index (χ1v) is 8.88. The van der Waals surface area contributed by atoms with Crippen molar-refractivity contribution in [3.63, 3.8) is 0 Å². The molecule has 138 valence electrons. The molecule has 3 rings (SSSR count). The molecule has 0 saturated heterocycles. The Bertz CT molecular complexity index is 585. The summed E-state index contributed by atoms with van der Waals surface area (Å²) in [5, 5.41) is 2.95. The summed E-state index contributed by atoms with van der Waals surface area (Å²) in [4.78, 5) is 12.1. The third-order valence-electron chi connectivity index (χ3n) is 5.38. The third kappa shape index (κ3) is 5.46. The van der Waals surface area contributed by atoms with Gasteiger partial charge in [0.2, 0.25) is 5.91 Å². The van der Waals surface area contributed by atoms with Gasteiger partial charge in [0.1, 0.15) is 6.61 Å². The predicted molar refractivity (Wildman–Crippen MR) is 87.6 cm³/mol. The van der Waals surface area contributed by atoms with Crippen molar-refractivity contribution >= 4 is 5.91 Å². The molecule has 0 aromatic heterocycles. The molecule has 3 unspecified atom stereocenters. The van der Waals surface area contributed by atoms with E-state index in [-0.39, 0.29) is 12.5 Å². The molecule has 0 heterocycles. The molecule has 1 amide bonds. The second kappa shape index (κ2) is 7.77. The predicted octanol–water partition coefficient (Wildman–Crippen LogP) is 4.21. The maximum atomic E-state index is 12.1. The van der Waals surface area contributed by atoms with Crippen LogP contribution in [0.4, 0.5) is 13.2 Å². The lowest BCUT2D eigenvalue weighted by Gasteiger charge is -2.20. The first kappa shape index (κ1) is 18.2. The van der Waals surface area contributed by atoms with Crippen molar-refractivity contribution in [2.75, 3.05) is 6.61 Å². The summed E-state index contributed by atoms with van der Waals surface area (Å²) in [5.74, 6) is 2.23. The Kier molecular flexibility index (Phi) is 5.67. The fourth-order valence-electron chi connectivity index (χ4n) is 4.18. The van der Waals surface area contributed by atoms with E-state index in [4.69, 9.17) is 0 Å². The SMILES string of the molecule is O=C(CC1CC2CCC1C2)NCc1ccc(COCC(F)(F)F)cc1. The van der Waals surface area contributed by atoms with Crippen LogP contribution < -0.4 is 5.32 Å². The van der Waals surface area contributed by atoms with Crippen molar-refractivity contribution in [1.29, 1.82) is 0 Å². The van der Waals surface area contributed by atoms with Crippen molar-refractivity contribution in [3.8, 4) is 0 Å². The van der Waals surface area contributed by atoms with Gasteiger partial charge in [-0.3, -0.25) is 4.79 Å². The van der Waals surface area contributed by atoms with Gasteiger partial charge in [-0.25, -0.2) is 0 Å². The van der Waals surface area contributed by atoms with Crippen LogP contribution in [0, 0.1) is 17.8 Å². The Morgan fingerprint density at radius 1 is 1.12 bits per heavy atom. The molecular formula is C19H24F3NO2. The lowest BCUT2D eigenvalue weighted by molar-refractivity contribution is -0.176. The van der Waals surface area contributed by atoms with Gasteiger partial charge in [0.15, 0.2) is 0 Å². The van der Waals surface area contributed by atoms with Crippen LogP contribution in [0.5, 0.6) is 0 Å². The van der Waals surface area contributed by atoms with Crippen molar-refractivity contribution in [1.82, 2.24) is 5.32 Å². The molecule has 2 bridgehead atoms. The Morgan fingerprint density at radius 3 is 2.44 bits per heavy atom. The zero-order chi connectivity index (χ0) is 17.9. The summed E-state index contributed by atoms with van der Waals surface area (Å²) in [6.07, 6.45) is 1.43. The third-order valence-corrected chi connectivity index (χ3v) is 5.38. The number of amides is 1. The molecule has 3 atom stereocenters. The Labute approximate surface area is 145 Å². The van der Waals surface area contributed by atoms with E-state index in [0.717, 1.165) is 17.4 Å². The van der Waals surface area contributed by atoms with E-state index >= 15 is 0 Å². The maximum Gasteiger partial charge on any atom is 0.411 e. The molecular weight excluding hydrogens is 331 g/mol. The van der Waals surface area contributed by atoms with Crippen molar-refractivity contribution < 1.29 is 22.7 Å². The van der Waals surface area contributed by atoms with Gasteiger partial charge in [0, 0.05) is 13.0 Å². The minimum absolute atomic E-state index is 0.0730. The molecule has 0 radical (unpaired) electrons. The van der Waals surface area contributed by atoms with E-state index in [0.29, 0.717) is 24.4 Å². The summed E-state index contributed by atoms with van der Waals surface area (Å²) >= 11 is 0. The van der Waals surface area contributed by atoms with Crippen molar-refractivity contribution in [3.05, 3.63) is 35.4 Å². The number of rotatable bonds is 7. The number of benzene rings is 1. The highest BCUT2D eigenvalue weighted by Crippen LogP contribution is 2.49. The van der Waals surface area contributed by atoms with Gasteiger partial charge in [-0.1, -0.05) is 30.7 Å². The van der Waals surface area contributed by atoms with Gasteiger partial charge in [-0.2, -0.15) is 13.2 Å². The van der Waals surface area contributed by atoms with E-state index < -0.39 is 12.8 Å². The van der Waals surface area contributed by atoms with E-state index in [1.165, 1.54) is 25.7 Å². The summed E-state index contributed by atoms with van der Waals surface area (Å²) in [6.45, 7) is -0.868. The number of halogens is 3. The minimum Gasteiger partial charge on any atom is -0.367 e. The number of fused-ring (bicyclic) bond motifs is 2. The molecule has 0 aliphatic heterocycles. The van der Waals surface area contributed by atoms with Crippen LogP contribution in [0.1, 0.15) is 43.2 Å². The topological polar surface area (TPSA) is 38.3 Å². The molecule has 3 nitrogen and oxygen atoms in total. The van der Waals surface area contributed by atoms with Gasteiger partial charge in [-0.05, 0) is 48.1 Å². The normalized spacial score (nSPS) is 25.3. The number of alkyl halides is 3.